The van der Waals surface area contributed by atoms with Gasteiger partial charge in [-0.1, -0.05) is 0 Å². The Morgan fingerprint density at radius 2 is 1.70 bits per heavy atom. The molecule has 1 aromatic rings. The predicted octanol–water partition coefficient (Wildman–Crippen LogP) is 1.97. The SMILES string of the molecule is CCOCCN(CCOCC)Cc1nc(C)ccc1O. The van der Waals surface area contributed by atoms with Gasteiger partial charge in [-0.15, -0.1) is 0 Å². The number of pyridine rings is 1. The van der Waals surface area contributed by atoms with Crippen molar-refractivity contribution < 1.29 is 14.6 Å². The normalized spacial score (nSPS) is 11.2. The second-order valence-corrected chi connectivity index (χ2v) is 4.59. The van der Waals surface area contributed by atoms with Gasteiger partial charge < -0.3 is 14.6 Å². The minimum absolute atomic E-state index is 0.244. The lowest BCUT2D eigenvalue weighted by molar-refractivity contribution is 0.0788. The summed E-state index contributed by atoms with van der Waals surface area (Å²) in [6.45, 7) is 10.9. The molecule has 5 heteroatoms. The van der Waals surface area contributed by atoms with Gasteiger partial charge in [0.2, 0.25) is 0 Å². The van der Waals surface area contributed by atoms with Gasteiger partial charge in [0, 0.05) is 38.5 Å². The summed E-state index contributed by atoms with van der Waals surface area (Å²) in [5.41, 5.74) is 1.62. The zero-order valence-electron chi connectivity index (χ0n) is 12.8. The van der Waals surface area contributed by atoms with Gasteiger partial charge in [0.25, 0.3) is 0 Å². The van der Waals surface area contributed by atoms with Crippen molar-refractivity contribution in [2.75, 3.05) is 39.5 Å². The molecule has 0 saturated carbocycles. The highest BCUT2D eigenvalue weighted by Gasteiger charge is 2.10. The lowest BCUT2D eigenvalue weighted by Gasteiger charge is -2.22. The zero-order valence-corrected chi connectivity index (χ0v) is 12.8. The molecule has 20 heavy (non-hydrogen) atoms. The largest absolute Gasteiger partial charge is 0.506 e. The second kappa shape index (κ2) is 9.69. The maximum Gasteiger partial charge on any atom is 0.138 e. The molecule has 0 radical (unpaired) electrons. The van der Waals surface area contributed by atoms with Gasteiger partial charge in [0.15, 0.2) is 0 Å². The third kappa shape index (κ3) is 6.32. The Bertz CT molecular complexity index is 375. The summed E-state index contributed by atoms with van der Waals surface area (Å²) in [6, 6.07) is 3.50. The van der Waals surface area contributed by atoms with Crippen LogP contribution in [0.4, 0.5) is 0 Å². The van der Waals surface area contributed by atoms with Crippen molar-refractivity contribution in [2.24, 2.45) is 0 Å². The number of hydrogen-bond acceptors (Lipinski definition) is 5. The first-order chi connectivity index (χ1) is 9.67. The fourth-order valence-corrected chi connectivity index (χ4v) is 1.88. The molecule has 1 rings (SSSR count). The van der Waals surface area contributed by atoms with E-state index in [9.17, 15) is 5.11 Å². The molecule has 1 heterocycles. The highest BCUT2D eigenvalue weighted by atomic mass is 16.5. The first-order valence-electron chi connectivity index (χ1n) is 7.20. The van der Waals surface area contributed by atoms with Gasteiger partial charge in [-0.3, -0.25) is 9.88 Å². The van der Waals surface area contributed by atoms with Crippen molar-refractivity contribution >= 4 is 0 Å². The van der Waals surface area contributed by atoms with Crippen molar-refractivity contribution in [3.05, 3.63) is 23.5 Å². The second-order valence-electron chi connectivity index (χ2n) is 4.59. The molecule has 114 valence electrons. The summed E-state index contributed by atoms with van der Waals surface area (Å²) in [5, 5.41) is 9.88. The lowest BCUT2D eigenvalue weighted by Crippen LogP contribution is -2.31. The summed E-state index contributed by atoms with van der Waals surface area (Å²) in [6.07, 6.45) is 0. The number of aryl methyl sites for hydroxylation is 1. The molecule has 0 aromatic carbocycles. The molecule has 0 aliphatic carbocycles. The topological polar surface area (TPSA) is 54.8 Å². The Morgan fingerprint density at radius 1 is 1.10 bits per heavy atom. The molecule has 0 aliphatic rings. The smallest absolute Gasteiger partial charge is 0.138 e. The van der Waals surface area contributed by atoms with Gasteiger partial charge in [0.1, 0.15) is 5.75 Å². The van der Waals surface area contributed by atoms with Crippen LogP contribution in [0.5, 0.6) is 5.75 Å². The van der Waals surface area contributed by atoms with E-state index in [1.807, 2.05) is 26.8 Å². The van der Waals surface area contributed by atoms with Crippen molar-refractivity contribution in [1.82, 2.24) is 9.88 Å². The van der Waals surface area contributed by atoms with Crippen LogP contribution in [0.25, 0.3) is 0 Å². The minimum atomic E-state index is 0.244. The Labute approximate surface area is 121 Å². The van der Waals surface area contributed by atoms with Crippen LogP contribution in [0.3, 0.4) is 0 Å². The highest BCUT2D eigenvalue weighted by molar-refractivity contribution is 5.27. The Morgan fingerprint density at radius 3 is 2.25 bits per heavy atom. The molecule has 0 atom stereocenters. The van der Waals surface area contributed by atoms with Crippen LogP contribution >= 0.6 is 0 Å². The summed E-state index contributed by atoms with van der Waals surface area (Å²) in [5.74, 6) is 0.244. The first kappa shape index (κ1) is 16.9. The number of hydrogen-bond donors (Lipinski definition) is 1. The van der Waals surface area contributed by atoms with E-state index in [2.05, 4.69) is 9.88 Å². The summed E-state index contributed by atoms with van der Waals surface area (Å²) < 4.78 is 10.8. The number of ether oxygens (including phenoxy) is 2. The van der Waals surface area contributed by atoms with E-state index >= 15 is 0 Å². The Balaban J connectivity index is 2.58. The molecule has 0 aliphatic heterocycles. The molecule has 0 bridgehead atoms. The van der Waals surface area contributed by atoms with Crippen LogP contribution in [-0.2, 0) is 16.0 Å². The fraction of sp³-hybridized carbons (Fsp3) is 0.667. The third-order valence-corrected chi connectivity index (χ3v) is 2.97. The monoisotopic (exact) mass is 282 g/mol. The molecule has 0 saturated heterocycles. The molecule has 0 unspecified atom stereocenters. The van der Waals surface area contributed by atoms with E-state index in [1.165, 1.54) is 0 Å². The third-order valence-electron chi connectivity index (χ3n) is 2.97. The Kier molecular flexibility index (Phi) is 8.18. The number of aromatic hydroxyl groups is 1. The quantitative estimate of drug-likeness (QED) is 0.665. The standard InChI is InChI=1S/C15H26N2O3/c1-4-19-10-8-17(9-11-20-5-2)12-14-15(18)7-6-13(3)16-14/h6-7,18H,4-5,8-12H2,1-3H3. The van der Waals surface area contributed by atoms with Crippen LogP contribution < -0.4 is 0 Å². The average Bonchev–Trinajstić information content (AvgIpc) is 2.43. The molecule has 1 N–H and O–H groups in total. The van der Waals surface area contributed by atoms with Crippen LogP contribution in [0.15, 0.2) is 12.1 Å². The van der Waals surface area contributed by atoms with E-state index in [0.29, 0.717) is 38.7 Å². The maximum absolute atomic E-state index is 9.88. The number of nitrogens with zero attached hydrogens (tertiary/aromatic N) is 2. The summed E-state index contributed by atoms with van der Waals surface area (Å²) >= 11 is 0. The minimum Gasteiger partial charge on any atom is -0.506 e. The fourth-order valence-electron chi connectivity index (χ4n) is 1.88. The number of rotatable bonds is 10. The van der Waals surface area contributed by atoms with E-state index < -0.39 is 0 Å². The van der Waals surface area contributed by atoms with Crippen molar-refractivity contribution in [1.29, 1.82) is 0 Å². The number of aromatic nitrogens is 1. The summed E-state index contributed by atoms with van der Waals surface area (Å²) in [4.78, 5) is 6.58. The van der Waals surface area contributed by atoms with E-state index in [4.69, 9.17) is 9.47 Å². The predicted molar refractivity (Wildman–Crippen MR) is 78.9 cm³/mol. The molecule has 5 nitrogen and oxygen atoms in total. The van der Waals surface area contributed by atoms with Gasteiger partial charge in [0.05, 0.1) is 18.9 Å². The molecule has 1 aromatic heterocycles. The molecule has 0 spiro atoms. The maximum atomic E-state index is 9.88. The van der Waals surface area contributed by atoms with Crippen LogP contribution in [0, 0.1) is 6.92 Å². The highest BCUT2D eigenvalue weighted by Crippen LogP contribution is 2.16. The first-order valence-corrected chi connectivity index (χ1v) is 7.20. The summed E-state index contributed by atoms with van der Waals surface area (Å²) in [7, 11) is 0. The van der Waals surface area contributed by atoms with Gasteiger partial charge in [-0.25, -0.2) is 0 Å². The van der Waals surface area contributed by atoms with Crippen LogP contribution in [-0.4, -0.2) is 54.5 Å². The van der Waals surface area contributed by atoms with Crippen molar-refractivity contribution in [3.63, 3.8) is 0 Å². The van der Waals surface area contributed by atoms with Gasteiger partial charge in [-0.2, -0.15) is 0 Å². The lowest BCUT2D eigenvalue weighted by atomic mass is 10.2. The molecular formula is C15H26N2O3. The Hall–Kier alpha value is -1.17. The van der Waals surface area contributed by atoms with Gasteiger partial charge >= 0.3 is 0 Å². The molecular weight excluding hydrogens is 256 g/mol. The molecule has 0 fully saturated rings. The van der Waals surface area contributed by atoms with E-state index in [1.54, 1.807) is 6.07 Å². The van der Waals surface area contributed by atoms with Gasteiger partial charge in [-0.05, 0) is 32.9 Å². The molecule has 0 amide bonds. The zero-order chi connectivity index (χ0) is 14.8. The van der Waals surface area contributed by atoms with Crippen LogP contribution in [0.2, 0.25) is 0 Å². The van der Waals surface area contributed by atoms with Crippen molar-refractivity contribution in [3.8, 4) is 5.75 Å². The van der Waals surface area contributed by atoms with E-state index in [-0.39, 0.29) is 5.75 Å². The van der Waals surface area contributed by atoms with Crippen LogP contribution in [0.1, 0.15) is 25.2 Å². The van der Waals surface area contributed by atoms with Crippen molar-refractivity contribution in [2.45, 2.75) is 27.3 Å². The average molecular weight is 282 g/mol. The van der Waals surface area contributed by atoms with E-state index in [0.717, 1.165) is 18.8 Å².